The van der Waals surface area contributed by atoms with Gasteiger partial charge in [-0.25, -0.2) is 14.2 Å². The summed E-state index contributed by atoms with van der Waals surface area (Å²) in [7, 11) is 0. The second-order valence-corrected chi connectivity index (χ2v) is 2.86. The van der Waals surface area contributed by atoms with Gasteiger partial charge in [-0.15, -0.1) is 0 Å². The minimum Gasteiger partial charge on any atom is -0.477 e. The van der Waals surface area contributed by atoms with Crippen molar-refractivity contribution in [2.24, 2.45) is 4.99 Å². The highest BCUT2D eigenvalue weighted by molar-refractivity contribution is 5.99. The molecule has 1 N–H and O–H groups in total. The minimum atomic E-state index is -2.49. The molecule has 0 aromatic heterocycles. The van der Waals surface area contributed by atoms with E-state index in [-0.39, 0.29) is 6.54 Å². The topological polar surface area (TPSA) is 52.9 Å². The van der Waals surface area contributed by atoms with Gasteiger partial charge in [0.1, 0.15) is 5.84 Å². The van der Waals surface area contributed by atoms with Gasteiger partial charge < -0.3 is 10.0 Å². The molecular formula is C8H7FN2O2. The first-order valence-electron chi connectivity index (χ1n) is 3.75. The standard InChI is InChI=1S/C8H7FN2O2/c9-8(7(12)13)5-11-4-2-1-3-6(11)10-8/h1-4H,5H2,(H,12,13). The molecule has 0 spiro atoms. The zero-order valence-corrected chi connectivity index (χ0v) is 6.64. The summed E-state index contributed by atoms with van der Waals surface area (Å²) in [5.41, 5.74) is 0. The number of carbonyl (C=O) groups is 1. The number of carboxylic acid groups (broad SMARTS) is 1. The number of rotatable bonds is 1. The fraction of sp³-hybridized carbons (Fsp3) is 0.250. The van der Waals surface area contributed by atoms with Crippen LogP contribution in [0.15, 0.2) is 29.4 Å². The smallest absolute Gasteiger partial charge is 0.366 e. The number of aliphatic imine (C=N–C) groups is 1. The largest absolute Gasteiger partial charge is 0.477 e. The second-order valence-electron chi connectivity index (χ2n) is 2.86. The minimum absolute atomic E-state index is 0.251. The average molecular weight is 182 g/mol. The van der Waals surface area contributed by atoms with E-state index in [0.29, 0.717) is 5.84 Å². The van der Waals surface area contributed by atoms with Gasteiger partial charge in [0, 0.05) is 6.20 Å². The van der Waals surface area contributed by atoms with E-state index in [0.717, 1.165) is 0 Å². The molecule has 0 amide bonds. The third-order valence-corrected chi connectivity index (χ3v) is 1.92. The molecular weight excluding hydrogens is 175 g/mol. The van der Waals surface area contributed by atoms with Gasteiger partial charge in [-0.1, -0.05) is 6.08 Å². The van der Waals surface area contributed by atoms with Gasteiger partial charge in [-0.05, 0) is 12.2 Å². The fourth-order valence-corrected chi connectivity index (χ4v) is 1.26. The molecule has 0 saturated carbocycles. The van der Waals surface area contributed by atoms with Crippen molar-refractivity contribution < 1.29 is 14.3 Å². The van der Waals surface area contributed by atoms with Crippen molar-refractivity contribution in [2.75, 3.05) is 6.54 Å². The molecule has 13 heavy (non-hydrogen) atoms. The first kappa shape index (κ1) is 7.97. The van der Waals surface area contributed by atoms with E-state index >= 15 is 0 Å². The summed E-state index contributed by atoms with van der Waals surface area (Å²) in [6, 6.07) is 0. The molecule has 0 aliphatic carbocycles. The number of hydrogen-bond donors (Lipinski definition) is 1. The van der Waals surface area contributed by atoms with Crippen LogP contribution in [0.4, 0.5) is 4.39 Å². The van der Waals surface area contributed by atoms with Crippen LogP contribution in [-0.2, 0) is 4.79 Å². The number of fused-ring (bicyclic) bond motifs is 1. The third-order valence-electron chi connectivity index (χ3n) is 1.92. The summed E-state index contributed by atoms with van der Waals surface area (Å²) in [4.78, 5) is 15.5. The molecule has 0 radical (unpaired) electrons. The maximum absolute atomic E-state index is 13.4. The summed E-state index contributed by atoms with van der Waals surface area (Å²) < 4.78 is 13.4. The zero-order chi connectivity index (χ0) is 9.47. The van der Waals surface area contributed by atoms with Crippen molar-refractivity contribution >= 4 is 11.8 Å². The summed E-state index contributed by atoms with van der Waals surface area (Å²) in [5.74, 6) is -3.68. The molecule has 0 bridgehead atoms. The van der Waals surface area contributed by atoms with E-state index in [1.165, 1.54) is 4.90 Å². The Morgan fingerprint density at radius 3 is 3.08 bits per heavy atom. The molecule has 2 rings (SSSR count). The summed E-state index contributed by atoms with van der Waals surface area (Å²) in [6.07, 6.45) is 6.56. The van der Waals surface area contributed by atoms with Gasteiger partial charge in [0.25, 0.3) is 0 Å². The van der Waals surface area contributed by atoms with Crippen molar-refractivity contribution in [3.63, 3.8) is 0 Å². The predicted octanol–water partition coefficient (Wildman–Crippen LogP) is 0.534. The lowest BCUT2D eigenvalue weighted by Crippen LogP contribution is -2.36. The third kappa shape index (κ3) is 1.12. The van der Waals surface area contributed by atoms with Gasteiger partial charge >= 0.3 is 11.8 Å². The van der Waals surface area contributed by atoms with Crippen LogP contribution in [0.3, 0.4) is 0 Å². The fourth-order valence-electron chi connectivity index (χ4n) is 1.26. The zero-order valence-electron chi connectivity index (χ0n) is 6.64. The Kier molecular flexibility index (Phi) is 1.48. The van der Waals surface area contributed by atoms with Gasteiger partial charge in [0.05, 0.1) is 6.54 Å². The van der Waals surface area contributed by atoms with E-state index in [9.17, 15) is 9.18 Å². The van der Waals surface area contributed by atoms with Crippen molar-refractivity contribution in [3.05, 3.63) is 24.4 Å². The molecule has 1 unspecified atom stereocenters. The predicted molar refractivity (Wildman–Crippen MR) is 43.9 cm³/mol. The number of carboxylic acids is 1. The Labute approximate surface area is 73.7 Å². The van der Waals surface area contributed by atoms with Gasteiger partial charge in [-0.3, -0.25) is 0 Å². The van der Waals surface area contributed by atoms with E-state index in [2.05, 4.69) is 4.99 Å². The lowest BCUT2D eigenvalue weighted by atomic mass is 10.2. The molecule has 2 aliphatic rings. The summed E-state index contributed by atoms with van der Waals surface area (Å²) >= 11 is 0. The summed E-state index contributed by atoms with van der Waals surface area (Å²) in [6.45, 7) is -0.251. The van der Waals surface area contributed by atoms with Gasteiger partial charge in [0.2, 0.25) is 0 Å². The van der Waals surface area contributed by atoms with E-state index in [1.54, 1.807) is 24.4 Å². The molecule has 0 aromatic carbocycles. The maximum Gasteiger partial charge on any atom is 0.366 e. The summed E-state index contributed by atoms with van der Waals surface area (Å²) in [5, 5.41) is 8.56. The highest BCUT2D eigenvalue weighted by Crippen LogP contribution is 2.25. The van der Waals surface area contributed by atoms with Gasteiger partial charge in [-0.2, -0.15) is 0 Å². The Morgan fingerprint density at radius 2 is 2.46 bits per heavy atom. The van der Waals surface area contributed by atoms with Crippen LogP contribution in [0, 0.1) is 0 Å². The molecule has 68 valence electrons. The van der Waals surface area contributed by atoms with Crippen molar-refractivity contribution in [3.8, 4) is 0 Å². The van der Waals surface area contributed by atoms with E-state index in [1.807, 2.05) is 0 Å². The number of halogens is 1. The molecule has 0 fully saturated rings. The van der Waals surface area contributed by atoms with Gasteiger partial charge in [0.15, 0.2) is 0 Å². The lowest BCUT2D eigenvalue weighted by Gasteiger charge is -2.16. The number of nitrogens with zero attached hydrogens (tertiary/aromatic N) is 2. The number of alkyl halides is 1. The average Bonchev–Trinajstić information content (AvgIpc) is 2.42. The van der Waals surface area contributed by atoms with Crippen molar-refractivity contribution in [2.45, 2.75) is 5.79 Å². The molecule has 2 heterocycles. The first-order valence-corrected chi connectivity index (χ1v) is 3.75. The Bertz CT molecular complexity index is 348. The first-order chi connectivity index (χ1) is 6.12. The number of amidine groups is 1. The van der Waals surface area contributed by atoms with Crippen LogP contribution in [0.25, 0.3) is 0 Å². The van der Waals surface area contributed by atoms with Crippen molar-refractivity contribution in [1.29, 1.82) is 0 Å². The molecule has 2 aliphatic heterocycles. The highest BCUT2D eigenvalue weighted by atomic mass is 19.1. The Morgan fingerprint density at radius 1 is 1.69 bits per heavy atom. The second kappa shape index (κ2) is 2.42. The normalized spacial score (nSPS) is 30.2. The van der Waals surface area contributed by atoms with E-state index in [4.69, 9.17) is 5.11 Å². The maximum atomic E-state index is 13.4. The van der Waals surface area contributed by atoms with Crippen LogP contribution in [0.2, 0.25) is 0 Å². The SMILES string of the molecule is O=C(O)C1(F)CN2C=CC=CC2=N1. The van der Waals surface area contributed by atoms with Crippen LogP contribution in [-0.4, -0.2) is 34.1 Å². The molecule has 1 atom stereocenters. The monoisotopic (exact) mass is 182 g/mol. The van der Waals surface area contributed by atoms with Crippen LogP contribution < -0.4 is 0 Å². The highest BCUT2D eigenvalue weighted by Gasteiger charge is 2.45. The molecule has 5 heteroatoms. The number of allylic oxidation sites excluding steroid dienone is 2. The number of hydrogen-bond acceptors (Lipinski definition) is 3. The quantitative estimate of drug-likeness (QED) is 0.602. The van der Waals surface area contributed by atoms with Crippen LogP contribution in [0.5, 0.6) is 0 Å². The lowest BCUT2D eigenvalue weighted by molar-refractivity contribution is -0.149. The molecule has 0 saturated heterocycles. The Hall–Kier alpha value is -1.65. The van der Waals surface area contributed by atoms with Crippen molar-refractivity contribution in [1.82, 2.24) is 4.90 Å². The Balaban J connectivity index is 2.34. The van der Waals surface area contributed by atoms with Crippen LogP contribution >= 0.6 is 0 Å². The number of aliphatic carboxylic acids is 1. The molecule has 4 nitrogen and oxygen atoms in total. The molecule has 0 aromatic rings. The van der Waals surface area contributed by atoms with E-state index < -0.39 is 11.8 Å². The van der Waals surface area contributed by atoms with Crippen LogP contribution in [0.1, 0.15) is 0 Å².